The average Bonchev–Trinajstić information content (AvgIpc) is 3.29. The Morgan fingerprint density at radius 1 is 0.929 bits per heavy atom. The van der Waals surface area contributed by atoms with Crippen LogP contribution < -0.4 is 9.47 Å². The second-order valence-corrected chi connectivity index (χ2v) is 9.63. The molecule has 3 nitrogen and oxygen atoms in total. The number of thiophene rings is 1. The minimum Gasteiger partial charge on any atom is -0.491 e. The molecule has 1 fully saturated rings. The molecule has 146 valence electrons. The van der Waals surface area contributed by atoms with Crippen molar-refractivity contribution < 1.29 is 14.2 Å². The smallest absolute Gasteiger partial charge is 0.131 e. The van der Waals surface area contributed by atoms with Crippen LogP contribution in [0, 0.1) is 13.8 Å². The Morgan fingerprint density at radius 3 is 2.18 bits per heavy atom. The fraction of sp³-hybridized carbons (Fsp3) is 0.304. The zero-order valence-electron chi connectivity index (χ0n) is 15.9. The van der Waals surface area contributed by atoms with Crippen LogP contribution in [0.3, 0.4) is 0 Å². The maximum Gasteiger partial charge on any atom is 0.131 e. The Kier molecular flexibility index (Phi) is 6.04. The van der Waals surface area contributed by atoms with Crippen molar-refractivity contribution in [2.24, 2.45) is 0 Å². The van der Waals surface area contributed by atoms with Crippen molar-refractivity contribution in [1.29, 1.82) is 0 Å². The summed E-state index contributed by atoms with van der Waals surface area (Å²) in [5, 5.41) is 0. The Hall–Kier alpha value is -1.82. The van der Waals surface area contributed by atoms with Crippen molar-refractivity contribution in [2.45, 2.75) is 38.6 Å². The largest absolute Gasteiger partial charge is 0.491 e. The highest BCUT2D eigenvalue weighted by Crippen LogP contribution is 2.39. The minimum atomic E-state index is -0.131. The van der Waals surface area contributed by atoms with E-state index in [2.05, 4.69) is 66.2 Å². The molecule has 1 saturated heterocycles. The van der Waals surface area contributed by atoms with Gasteiger partial charge in [-0.05, 0) is 66.2 Å². The van der Waals surface area contributed by atoms with Crippen molar-refractivity contribution >= 4 is 27.3 Å². The lowest BCUT2D eigenvalue weighted by Gasteiger charge is -2.20. The van der Waals surface area contributed by atoms with Gasteiger partial charge in [-0.2, -0.15) is 0 Å². The monoisotopic (exact) mass is 458 g/mol. The number of hydrogen-bond donors (Lipinski definition) is 0. The predicted molar refractivity (Wildman–Crippen MR) is 117 cm³/mol. The zero-order chi connectivity index (χ0) is 19.5. The summed E-state index contributed by atoms with van der Waals surface area (Å²) >= 11 is 5.25. The van der Waals surface area contributed by atoms with Gasteiger partial charge in [0.1, 0.15) is 30.3 Å². The maximum atomic E-state index is 6.35. The summed E-state index contributed by atoms with van der Waals surface area (Å²) in [6, 6.07) is 20.4. The molecule has 4 rings (SSSR count). The molecule has 3 atom stereocenters. The number of rotatable bonds is 6. The van der Waals surface area contributed by atoms with Gasteiger partial charge < -0.3 is 14.2 Å². The van der Waals surface area contributed by atoms with Gasteiger partial charge in [0.2, 0.25) is 0 Å². The normalized spacial score (nSPS) is 21.6. The Labute approximate surface area is 178 Å². The van der Waals surface area contributed by atoms with E-state index in [1.807, 2.05) is 24.3 Å². The molecule has 1 aliphatic rings. The molecule has 0 bridgehead atoms. The summed E-state index contributed by atoms with van der Waals surface area (Å²) in [4.78, 5) is 1.21. The third kappa shape index (κ3) is 4.77. The van der Waals surface area contributed by atoms with Gasteiger partial charge in [-0.15, -0.1) is 11.3 Å². The van der Waals surface area contributed by atoms with Gasteiger partial charge in [0.05, 0.1) is 9.89 Å². The average molecular weight is 459 g/mol. The van der Waals surface area contributed by atoms with Crippen LogP contribution in [0.25, 0.3) is 0 Å². The highest BCUT2D eigenvalue weighted by atomic mass is 79.9. The highest BCUT2D eigenvalue weighted by molar-refractivity contribution is 9.11. The van der Waals surface area contributed by atoms with Gasteiger partial charge in [0, 0.05) is 11.3 Å². The fourth-order valence-corrected chi connectivity index (χ4v) is 4.75. The first-order chi connectivity index (χ1) is 13.6. The molecule has 2 heterocycles. The van der Waals surface area contributed by atoms with Crippen LogP contribution in [-0.4, -0.2) is 18.8 Å². The SMILES string of the molecule is Cc1ccc(OC[C@H]2O[C@@H](c3ccc(Br)s3)C[C@@H]2Oc2ccc(C)cc2)cc1. The van der Waals surface area contributed by atoms with Crippen molar-refractivity contribution in [2.75, 3.05) is 6.61 Å². The molecule has 0 N–H and O–H groups in total. The summed E-state index contributed by atoms with van der Waals surface area (Å²) in [5.74, 6) is 1.72. The predicted octanol–water partition coefficient (Wildman–Crippen LogP) is 6.48. The van der Waals surface area contributed by atoms with E-state index in [-0.39, 0.29) is 18.3 Å². The number of benzene rings is 2. The molecule has 0 spiro atoms. The van der Waals surface area contributed by atoms with Crippen LogP contribution in [-0.2, 0) is 4.74 Å². The molecule has 1 aliphatic heterocycles. The topological polar surface area (TPSA) is 27.7 Å². The summed E-state index contributed by atoms with van der Waals surface area (Å²) in [6.45, 7) is 4.60. The van der Waals surface area contributed by atoms with Crippen LogP contribution in [0.1, 0.15) is 28.5 Å². The minimum absolute atomic E-state index is 0.0263. The quantitative estimate of drug-likeness (QED) is 0.422. The number of aryl methyl sites for hydroxylation is 2. The molecule has 0 saturated carbocycles. The van der Waals surface area contributed by atoms with E-state index in [1.165, 1.54) is 16.0 Å². The molecular weight excluding hydrogens is 436 g/mol. The summed E-state index contributed by atoms with van der Waals surface area (Å²) in [5.41, 5.74) is 2.43. The number of hydrogen-bond acceptors (Lipinski definition) is 4. The van der Waals surface area contributed by atoms with E-state index in [0.717, 1.165) is 21.7 Å². The molecule has 5 heteroatoms. The van der Waals surface area contributed by atoms with Crippen molar-refractivity contribution in [1.82, 2.24) is 0 Å². The van der Waals surface area contributed by atoms with Crippen LogP contribution >= 0.6 is 27.3 Å². The lowest BCUT2D eigenvalue weighted by molar-refractivity contribution is -0.00969. The van der Waals surface area contributed by atoms with Crippen molar-refractivity contribution in [3.8, 4) is 11.5 Å². The van der Waals surface area contributed by atoms with Gasteiger partial charge in [-0.3, -0.25) is 0 Å². The molecule has 0 amide bonds. The lowest BCUT2D eigenvalue weighted by Crippen LogP contribution is -2.32. The zero-order valence-corrected chi connectivity index (χ0v) is 18.3. The van der Waals surface area contributed by atoms with Crippen LogP contribution in [0.4, 0.5) is 0 Å². The summed E-state index contributed by atoms with van der Waals surface area (Å²) in [6.07, 6.45) is 0.647. The van der Waals surface area contributed by atoms with Gasteiger partial charge in [-0.25, -0.2) is 0 Å². The molecule has 0 aliphatic carbocycles. The Morgan fingerprint density at radius 2 is 1.57 bits per heavy atom. The first kappa shape index (κ1) is 19.5. The molecule has 3 aromatic rings. The molecule has 1 aromatic heterocycles. The molecule has 2 aromatic carbocycles. The van der Waals surface area contributed by atoms with Crippen LogP contribution in [0.2, 0.25) is 0 Å². The summed E-state index contributed by atoms with van der Waals surface area (Å²) < 4.78 is 19.8. The first-order valence-corrected chi connectivity index (χ1v) is 11.0. The van der Waals surface area contributed by atoms with E-state index in [0.29, 0.717) is 6.61 Å². The molecular formula is C23H23BrO3S. The molecule has 0 radical (unpaired) electrons. The third-order valence-electron chi connectivity index (χ3n) is 4.86. The van der Waals surface area contributed by atoms with Crippen LogP contribution in [0.15, 0.2) is 64.5 Å². The van der Waals surface area contributed by atoms with Crippen molar-refractivity contribution in [3.63, 3.8) is 0 Å². The van der Waals surface area contributed by atoms with E-state index in [9.17, 15) is 0 Å². The number of ether oxygens (including phenoxy) is 3. The van der Waals surface area contributed by atoms with Crippen LogP contribution in [0.5, 0.6) is 11.5 Å². The van der Waals surface area contributed by atoms with E-state index >= 15 is 0 Å². The summed E-state index contributed by atoms with van der Waals surface area (Å²) in [7, 11) is 0. The standard InChI is InChI=1S/C23H23BrO3S/c1-15-3-7-17(8-4-15)25-14-21-19(26-18-9-5-16(2)6-10-18)13-20(27-21)22-11-12-23(24)28-22/h3-12,19-21H,13-14H2,1-2H3/t19-,20+,21+/m0/s1. The highest BCUT2D eigenvalue weighted by Gasteiger charge is 2.39. The molecule has 28 heavy (non-hydrogen) atoms. The Balaban J connectivity index is 1.47. The lowest BCUT2D eigenvalue weighted by atomic mass is 10.1. The van der Waals surface area contributed by atoms with E-state index in [4.69, 9.17) is 14.2 Å². The number of halogens is 1. The second kappa shape index (κ2) is 8.68. The maximum absolute atomic E-state index is 6.35. The van der Waals surface area contributed by atoms with Gasteiger partial charge in [0.15, 0.2) is 0 Å². The van der Waals surface area contributed by atoms with Gasteiger partial charge in [0.25, 0.3) is 0 Å². The van der Waals surface area contributed by atoms with Gasteiger partial charge >= 0.3 is 0 Å². The van der Waals surface area contributed by atoms with E-state index < -0.39 is 0 Å². The second-order valence-electron chi connectivity index (χ2n) is 7.13. The molecule has 0 unspecified atom stereocenters. The van der Waals surface area contributed by atoms with E-state index in [1.54, 1.807) is 11.3 Å². The first-order valence-electron chi connectivity index (χ1n) is 9.40. The third-order valence-corrected chi connectivity index (χ3v) is 6.57. The van der Waals surface area contributed by atoms with Gasteiger partial charge in [-0.1, -0.05) is 35.4 Å². The fourth-order valence-electron chi connectivity index (χ4n) is 3.28. The van der Waals surface area contributed by atoms with Crippen molar-refractivity contribution in [3.05, 3.63) is 80.5 Å². The Bertz CT molecular complexity index is 904.